The molecule has 0 heterocycles. The number of rotatable bonds is 1. The minimum atomic E-state index is 0.544. The van der Waals surface area contributed by atoms with E-state index < -0.39 is 0 Å². The van der Waals surface area contributed by atoms with E-state index in [1.807, 2.05) is 13.0 Å². The van der Waals surface area contributed by atoms with Crippen LogP contribution in [0.15, 0.2) is 17.1 Å². The number of hydrogen-bond donors (Lipinski definition) is 0. The Bertz CT molecular complexity index is 94.3. The third kappa shape index (κ3) is 3.53. The molecule has 0 atom stereocenters. The van der Waals surface area contributed by atoms with Crippen LogP contribution in [0.5, 0.6) is 0 Å². The highest BCUT2D eigenvalue weighted by Gasteiger charge is 1.75. The smallest absolute Gasteiger partial charge is 0.122 e. The first-order valence-electron chi connectivity index (χ1n) is 2.06. The van der Waals surface area contributed by atoms with Gasteiger partial charge in [-0.1, -0.05) is 17.7 Å². The van der Waals surface area contributed by atoms with Gasteiger partial charge in [0.2, 0.25) is 0 Å². The molecule has 0 bridgehead atoms. The van der Waals surface area contributed by atoms with E-state index >= 15 is 0 Å². The average Bonchev–Trinajstić information content (AvgIpc) is 1.68. The summed E-state index contributed by atoms with van der Waals surface area (Å²) < 4.78 is 0. The van der Waals surface area contributed by atoms with Gasteiger partial charge in [0.25, 0.3) is 0 Å². The van der Waals surface area contributed by atoms with Gasteiger partial charge in [0.1, 0.15) is 5.17 Å². The molecule has 0 aromatic carbocycles. The van der Waals surface area contributed by atoms with Crippen molar-refractivity contribution < 1.29 is 0 Å². The summed E-state index contributed by atoms with van der Waals surface area (Å²) in [4.78, 5) is 3.67. The molecule has 0 amide bonds. The molecule has 7 heavy (non-hydrogen) atoms. The van der Waals surface area contributed by atoms with Gasteiger partial charge >= 0.3 is 0 Å². The lowest BCUT2D eigenvalue weighted by Gasteiger charge is -1.77. The Morgan fingerprint density at radius 1 is 1.71 bits per heavy atom. The van der Waals surface area contributed by atoms with Crippen molar-refractivity contribution in [3.8, 4) is 0 Å². The standard InChI is InChI=1S/C5H8ClN/c1-3-4-5(6)7-2/h3-4H,1-2H3. The quantitative estimate of drug-likeness (QED) is 0.465. The summed E-state index contributed by atoms with van der Waals surface area (Å²) in [7, 11) is 1.66. The first-order valence-corrected chi connectivity index (χ1v) is 2.44. The van der Waals surface area contributed by atoms with E-state index in [1.165, 1.54) is 0 Å². The van der Waals surface area contributed by atoms with Gasteiger partial charge in [-0.3, -0.25) is 4.99 Å². The Kier molecular flexibility index (Phi) is 3.71. The molecule has 0 aromatic heterocycles. The van der Waals surface area contributed by atoms with Crippen LogP contribution < -0.4 is 0 Å². The van der Waals surface area contributed by atoms with Gasteiger partial charge in [-0.05, 0) is 13.0 Å². The summed E-state index contributed by atoms with van der Waals surface area (Å²) in [6.07, 6.45) is 3.58. The maximum absolute atomic E-state index is 5.43. The van der Waals surface area contributed by atoms with Crippen LogP contribution in [-0.2, 0) is 0 Å². The van der Waals surface area contributed by atoms with Gasteiger partial charge in [-0.15, -0.1) is 0 Å². The SMILES string of the molecule is CC=CC(Cl)=NC. The lowest BCUT2D eigenvalue weighted by atomic mass is 10.6. The Labute approximate surface area is 48.7 Å². The van der Waals surface area contributed by atoms with Crippen molar-refractivity contribution in [2.45, 2.75) is 6.92 Å². The maximum atomic E-state index is 5.43. The van der Waals surface area contributed by atoms with Gasteiger partial charge in [0.05, 0.1) is 0 Å². The molecule has 0 saturated carbocycles. The summed E-state index contributed by atoms with van der Waals surface area (Å²) in [6, 6.07) is 0. The predicted octanol–water partition coefficient (Wildman–Crippen LogP) is 1.83. The molecule has 0 aliphatic rings. The lowest BCUT2D eigenvalue weighted by molar-refractivity contribution is 1.47. The zero-order valence-electron chi connectivity index (χ0n) is 4.48. The van der Waals surface area contributed by atoms with Crippen LogP contribution in [0.3, 0.4) is 0 Å². The van der Waals surface area contributed by atoms with Gasteiger partial charge in [-0.2, -0.15) is 0 Å². The summed E-state index contributed by atoms with van der Waals surface area (Å²) in [5.74, 6) is 0. The Morgan fingerprint density at radius 3 is 2.43 bits per heavy atom. The van der Waals surface area contributed by atoms with E-state index in [0.717, 1.165) is 0 Å². The summed E-state index contributed by atoms with van der Waals surface area (Å²) in [6.45, 7) is 1.90. The average molecular weight is 118 g/mol. The van der Waals surface area contributed by atoms with Gasteiger partial charge in [0.15, 0.2) is 0 Å². The highest BCUT2D eigenvalue weighted by Crippen LogP contribution is 1.84. The van der Waals surface area contributed by atoms with Crippen molar-refractivity contribution in [3.63, 3.8) is 0 Å². The molecule has 0 saturated heterocycles. The highest BCUT2D eigenvalue weighted by molar-refractivity contribution is 6.68. The molecule has 0 radical (unpaired) electrons. The van der Waals surface area contributed by atoms with Crippen LogP contribution in [0.25, 0.3) is 0 Å². The van der Waals surface area contributed by atoms with Crippen molar-refractivity contribution in [1.82, 2.24) is 0 Å². The molecule has 0 aliphatic carbocycles. The van der Waals surface area contributed by atoms with E-state index in [1.54, 1.807) is 13.1 Å². The van der Waals surface area contributed by atoms with Crippen molar-refractivity contribution in [2.24, 2.45) is 4.99 Å². The minimum absolute atomic E-state index is 0.544. The molecule has 0 rings (SSSR count). The fraction of sp³-hybridized carbons (Fsp3) is 0.400. The molecule has 0 aromatic rings. The zero-order valence-corrected chi connectivity index (χ0v) is 5.24. The number of nitrogens with zero attached hydrogens (tertiary/aromatic N) is 1. The minimum Gasteiger partial charge on any atom is -0.277 e. The first kappa shape index (κ1) is 6.70. The number of halogens is 1. The largest absolute Gasteiger partial charge is 0.277 e. The molecule has 40 valence electrons. The summed E-state index contributed by atoms with van der Waals surface area (Å²) >= 11 is 5.43. The topological polar surface area (TPSA) is 12.4 Å². The molecule has 1 nitrogen and oxygen atoms in total. The number of allylic oxidation sites excluding steroid dienone is 2. The van der Waals surface area contributed by atoms with E-state index in [0.29, 0.717) is 5.17 Å². The van der Waals surface area contributed by atoms with E-state index in [-0.39, 0.29) is 0 Å². The van der Waals surface area contributed by atoms with Crippen LogP contribution >= 0.6 is 11.6 Å². The summed E-state index contributed by atoms with van der Waals surface area (Å²) in [5, 5.41) is 0.544. The maximum Gasteiger partial charge on any atom is 0.122 e. The first-order chi connectivity index (χ1) is 3.31. The molecule has 2 heteroatoms. The van der Waals surface area contributed by atoms with Crippen molar-refractivity contribution in [1.29, 1.82) is 0 Å². The zero-order chi connectivity index (χ0) is 5.70. The van der Waals surface area contributed by atoms with Gasteiger partial charge in [0, 0.05) is 7.05 Å². The Balaban J connectivity index is 3.58. The van der Waals surface area contributed by atoms with Crippen LogP contribution in [0, 0.1) is 0 Å². The molecular weight excluding hydrogens is 110 g/mol. The summed E-state index contributed by atoms with van der Waals surface area (Å²) in [5.41, 5.74) is 0. The molecular formula is C5H8ClN. The third-order valence-electron chi connectivity index (χ3n) is 0.518. The Morgan fingerprint density at radius 2 is 2.29 bits per heavy atom. The van der Waals surface area contributed by atoms with Gasteiger partial charge in [-0.25, -0.2) is 0 Å². The fourth-order valence-electron chi connectivity index (χ4n) is 0.212. The van der Waals surface area contributed by atoms with E-state index in [9.17, 15) is 0 Å². The second kappa shape index (κ2) is 3.88. The second-order valence-electron chi connectivity index (χ2n) is 1.05. The fourth-order valence-corrected chi connectivity index (χ4v) is 0.338. The lowest BCUT2D eigenvalue weighted by Crippen LogP contribution is -1.74. The van der Waals surface area contributed by atoms with Crippen LogP contribution in [-0.4, -0.2) is 12.2 Å². The molecule has 0 aliphatic heterocycles. The molecule has 0 fully saturated rings. The van der Waals surface area contributed by atoms with Crippen LogP contribution in [0.1, 0.15) is 6.92 Å². The normalized spacial score (nSPS) is 13.3. The molecule has 0 unspecified atom stereocenters. The number of aliphatic imine (C=N–C) groups is 1. The van der Waals surface area contributed by atoms with Crippen molar-refractivity contribution in [2.75, 3.05) is 7.05 Å². The highest BCUT2D eigenvalue weighted by atomic mass is 35.5. The van der Waals surface area contributed by atoms with Crippen molar-refractivity contribution in [3.05, 3.63) is 12.2 Å². The third-order valence-corrected chi connectivity index (χ3v) is 0.813. The van der Waals surface area contributed by atoms with Crippen LogP contribution in [0.2, 0.25) is 0 Å². The molecule has 0 spiro atoms. The number of hydrogen-bond acceptors (Lipinski definition) is 1. The molecule has 0 N–H and O–H groups in total. The van der Waals surface area contributed by atoms with Crippen molar-refractivity contribution >= 4 is 16.8 Å². The van der Waals surface area contributed by atoms with E-state index in [4.69, 9.17) is 11.6 Å². The van der Waals surface area contributed by atoms with Gasteiger partial charge < -0.3 is 0 Å². The van der Waals surface area contributed by atoms with E-state index in [2.05, 4.69) is 4.99 Å². The monoisotopic (exact) mass is 117 g/mol. The van der Waals surface area contributed by atoms with Crippen LogP contribution in [0.4, 0.5) is 0 Å². The predicted molar refractivity (Wildman–Crippen MR) is 34.0 cm³/mol. The second-order valence-corrected chi connectivity index (χ2v) is 1.43. The Hall–Kier alpha value is -0.300.